The van der Waals surface area contributed by atoms with Gasteiger partial charge in [0.25, 0.3) is 0 Å². The van der Waals surface area contributed by atoms with E-state index < -0.39 is 29.5 Å². The molecule has 0 heterocycles. The van der Waals surface area contributed by atoms with Gasteiger partial charge in [-0.2, -0.15) is 13.2 Å². The fraction of sp³-hybridized carbons (Fsp3) is 0.211. The van der Waals surface area contributed by atoms with Crippen molar-refractivity contribution >= 4 is 29.2 Å². The van der Waals surface area contributed by atoms with Gasteiger partial charge in [-0.1, -0.05) is 0 Å². The summed E-state index contributed by atoms with van der Waals surface area (Å²) >= 11 is 0. The number of benzene rings is 2. The number of alkyl halides is 3. The first-order valence-electron chi connectivity index (χ1n) is 8.05. The van der Waals surface area contributed by atoms with Gasteiger partial charge in [0.15, 0.2) is 0 Å². The number of nitrogens with zero attached hydrogens (tertiary/aromatic N) is 1. The van der Waals surface area contributed by atoms with Crippen molar-refractivity contribution in [2.24, 2.45) is 0 Å². The maximum absolute atomic E-state index is 12.6. The lowest BCUT2D eigenvalue weighted by atomic mass is 10.2. The van der Waals surface area contributed by atoms with Crippen LogP contribution in [-0.2, 0) is 20.5 Å². The molecule has 28 heavy (non-hydrogen) atoms. The predicted molar refractivity (Wildman–Crippen MR) is 95.9 cm³/mol. The Morgan fingerprint density at radius 3 is 2.04 bits per heavy atom. The summed E-state index contributed by atoms with van der Waals surface area (Å²) in [6.07, 6.45) is -4.47. The molecule has 0 aliphatic carbocycles. The number of carbonyl (C=O) groups excluding carboxylic acids is 3. The van der Waals surface area contributed by atoms with E-state index in [2.05, 4.69) is 10.1 Å². The van der Waals surface area contributed by atoms with E-state index in [9.17, 15) is 27.6 Å². The van der Waals surface area contributed by atoms with Crippen LogP contribution in [-0.4, -0.2) is 31.4 Å². The van der Waals surface area contributed by atoms with Gasteiger partial charge in [-0.15, -0.1) is 0 Å². The van der Waals surface area contributed by atoms with Gasteiger partial charge in [0, 0.05) is 18.3 Å². The van der Waals surface area contributed by atoms with Gasteiger partial charge >= 0.3 is 12.1 Å². The summed E-state index contributed by atoms with van der Waals surface area (Å²) in [4.78, 5) is 36.7. The van der Waals surface area contributed by atoms with Gasteiger partial charge in [0.2, 0.25) is 11.8 Å². The van der Waals surface area contributed by atoms with E-state index in [4.69, 9.17) is 0 Å². The molecule has 2 amide bonds. The van der Waals surface area contributed by atoms with E-state index in [1.165, 1.54) is 43.2 Å². The number of nitrogens with one attached hydrogen (secondary N) is 1. The van der Waals surface area contributed by atoms with Gasteiger partial charge in [-0.05, 0) is 48.5 Å². The maximum atomic E-state index is 12.6. The Kier molecular flexibility index (Phi) is 6.40. The van der Waals surface area contributed by atoms with Crippen LogP contribution in [0.2, 0.25) is 0 Å². The Balaban J connectivity index is 2.08. The standard InChI is InChI=1S/C19H17F3N2O4/c1-12(25)24(16-9-3-13(4-10-16)18(27)28-2)11-17(26)23-15-7-5-14(6-8-15)19(20,21)22/h3-10H,11H2,1-2H3,(H,23,26). The van der Waals surface area contributed by atoms with Crippen LogP contribution >= 0.6 is 0 Å². The summed E-state index contributed by atoms with van der Waals surface area (Å²) in [5, 5.41) is 2.44. The molecule has 0 saturated carbocycles. The molecular weight excluding hydrogens is 377 g/mol. The van der Waals surface area contributed by atoms with Crippen molar-refractivity contribution in [1.29, 1.82) is 0 Å². The first kappa shape index (κ1) is 20.9. The number of rotatable bonds is 5. The third-order valence-electron chi connectivity index (χ3n) is 3.78. The van der Waals surface area contributed by atoms with E-state index in [-0.39, 0.29) is 17.8 Å². The number of hydrogen-bond donors (Lipinski definition) is 1. The fourth-order valence-electron chi connectivity index (χ4n) is 2.37. The lowest BCUT2D eigenvalue weighted by Gasteiger charge is -2.21. The van der Waals surface area contributed by atoms with E-state index in [1.807, 2.05) is 0 Å². The topological polar surface area (TPSA) is 75.7 Å². The molecular formula is C19H17F3N2O4. The zero-order valence-electron chi connectivity index (χ0n) is 15.0. The molecule has 2 aromatic carbocycles. The summed E-state index contributed by atoms with van der Waals surface area (Å²) in [6, 6.07) is 9.83. The third kappa shape index (κ3) is 5.32. The number of carbonyl (C=O) groups is 3. The minimum absolute atomic E-state index is 0.169. The van der Waals surface area contributed by atoms with Crippen molar-refractivity contribution in [1.82, 2.24) is 0 Å². The normalized spacial score (nSPS) is 10.9. The first-order valence-corrected chi connectivity index (χ1v) is 8.05. The van der Waals surface area contributed by atoms with Crippen molar-refractivity contribution < 1.29 is 32.3 Å². The molecule has 0 atom stereocenters. The number of halogens is 3. The molecule has 2 aromatic rings. The van der Waals surface area contributed by atoms with Crippen LogP contribution in [0, 0.1) is 0 Å². The summed E-state index contributed by atoms with van der Waals surface area (Å²) in [6.45, 7) is 0.910. The highest BCUT2D eigenvalue weighted by molar-refractivity contribution is 6.02. The second-order valence-corrected chi connectivity index (χ2v) is 5.77. The lowest BCUT2D eigenvalue weighted by Crippen LogP contribution is -2.36. The van der Waals surface area contributed by atoms with Crippen LogP contribution in [0.4, 0.5) is 24.5 Å². The monoisotopic (exact) mass is 394 g/mol. The number of anilines is 2. The highest BCUT2D eigenvalue weighted by Crippen LogP contribution is 2.29. The Hall–Kier alpha value is -3.36. The first-order chi connectivity index (χ1) is 13.1. The average Bonchev–Trinajstić information content (AvgIpc) is 2.65. The van der Waals surface area contributed by atoms with E-state index in [1.54, 1.807) is 0 Å². The van der Waals surface area contributed by atoms with Gasteiger partial charge in [-0.25, -0.2) is 4.79 Å². The fourth-order valence-corrected chi connectivity index (χ4v) is 2.37. The van der Waals surface area contributed by atoms with Crippen LogP contribution in [0.3, 0.4) is 0 Å². The SMILES string of the molecule is COC(=O)c1ccc(N(CC(=O)Nc2ccc(C(F)(F)F)cc2)C(C)=O)cc1. The van der Waals surface area contributed by atoms with E-state index in [0.29, 0.717) is 5.69 Å². The smallest absolute Gasteiger partial charge is 0.416 e. The van der Waals surface area contributed by atoms with E-state index in [0.717, 1.165) is 24.3 Å². The van der Waals surface area contributed by atoms with Crippen LogP contribution in [0.25, 0.3) is 0 Å². The van der Waals surface area contributed by atoms with Gasteiger partial charge < -0.3 is 15.0 Å². The summed E-state index contributed by atoms with van der Waals surface area (Å²) in [5.41, 5.74) is -0.00391. The minimum atomic E-state index is -4.47. The minimum Gasteiger partial charge on any atom is -0.465 e. The van der Waals surface area contributed by atoms with Gasteiger partial charge in [0.1, 0.15) is 6.54 Å². The van der Waals surface area contributed by atoms with Crippen LogP contribution in [0.5, 0.6) is 0 Å². The third-order valence-corrected chi connectivity index (χ3v) is 3.78. The van der Waals surface area contributed by atoms with Crippen molar-refractivity contribution in [3.8, 4) is 0 Å². The number of amides is 2. The molecule has 0 aromatic heterocycles. The van der Waals surface area contributed by atoms with E-state index >= 15 is 0 Å². The highest BCUT2D eigenvalue weighted by Gasteiger charge is 2.30. The molecule has 2 rings (SSSR count). The number of hydrogen-bond acceptors (Lipinski definition) is 4. The predicted octanol–water partition coefficient (Wildman–Crippen LogP) is 3.48. The molecule has 0 aliphatic rings. The maximum Gasteiger partial charge on any atom is 0.416 e. The van der Waals surface area contributed by atoms with Crippen molar-refractivity contribution in [3.05, 3.63) is 59.7 Å². The summed E-state index contributed by atoms with van der Waals surface area (Å²) in [7, 11) is 1.24. The zero-order valence-corrected chi connectivity index (χ0v) is 15.0. The molecule has 0 bridgehead atoms. The largest absolute Gasteiger partial charge is 0.465 e. The number of methoxy groups -OCH3 is 1. The second kappa shape index (κ2) is 8.55. The van der Waals surface area contributed by atoms with Crippen LogP contribution in [0.15, 0.2) is 48.5 Å². The summed E-state index contributed by atoms with van der Waals surface area (Å²) < 4.78 is 42.3. The molecule has 0 fully saturated rings. The second-order valence-electron chi connectivity index (χ2n) is 5.77. The molecule has 0 aliphatic heterocycles. The Morgan fingerprint density at radius 1 is 1.00 bits per heavy atom. The highest BCUT2D eigenvalue weighted by atomic mass is 19.4. The number of esters is 1. The molecule has 0 unspecified atom stereocenters. The van der Waals surface area contributed by atoms with Crippen molar-refractivity contribution in [3.63, 3.8) is 0 Å². The molecule has 1 N–H and O–H groups in total. The average molecular weight is 394 g/mol. The van der Waals surface area contributed by atoms with Gasteiger partial charge in [-0.3, -0.25) is 9.59 Å². The van der Waals surface area contributed by atoms with Crippen LogP contribution < -0.4 is 10.2 Å². The van der Waals surface area contributed by atoms with Crippen molar-refractivity contribution in [2.45, 2.75) is 13.1 Å². The molecule has 9 heteroatoms. The molecule has 0 saturated heterocycles. The number of ether oxygens (including phenoxy) is 1. The quantitative estimate of drug-likeness (QED) is 0.788. The lowest BCUT2D eigenvalue weighted by molar-refractivity contribution is -0.137. The summed E-state index contributed by atoms with van der Waals surface area (Å²) in [5.74, 6) is -1.55. The molecule has 148 valence electrons. The Morgan fingerprint density at radius 2 is 1.57 bits per heavy atom. The zero-order chi connectivity index (χ0) is 20.9. The van der Waals surface area contributed by atoms with Gasteiger partial charge in [0.05, 0.1) is 18.2 Å². The molecule has 6 nitrogen and oxygen atoms in total. The Bertz CT molecular complexity index is 862. The molecule has 0 spiro atoms. The Labute approximate surface area is 158 Å². The molecule has 0 radical (unpaired) electrons. The van der Waals surface area contributed by atoms with Crippen molar-refractivity contribution in [2.75, 3.05) is 23.9 Å². The van der Waals surface area contributed by atoms with Crippen LogP contribution in [0.1, 0.15) is 22.8 Å².